The number of carbonyl (C=O) groups is 1. The third-order valence-corrected chi connectivity index (χ3v) is 3.77. The van der Waals surface area contributed by atoms with E-state index >= 15 is 0 Å². The van der Waals surface area contributed by atoms with E-state index in [2.05, 4.69) is 0 Å². The molecule has 0 aliphatic rings. The van der Waals surface area contributed by atoms with Gasteiger partial charge in [-0.15, -0.1) is 11.3 Å². The Morgan fingerprint density at radius 2 is 2.25 bits per heavy atom. The minimum absolute atomic E-state index is 0.0442. The summed E-state index contributed by atoms with van der Waals surface area (Å²) in [5.41, 5.74) is 0.703. The fourth-order valence-corrected chi connectivity index (χ4v) is 2.47. The molecule has 0 amide bonds. The summed E-state index contributed by atoms with van der Waals surface area (Å²) in [6.07, 6.45) is 0. The smallest absolute Gasteiger partial charge is 0.345 e. The number of thiophene rings is 1. The number of aromatic carboxylic acids is 1. The van der Waals surface area contributed by atoms with Gasteiger partial charge in [-0.25, -0.2) is 9.18 Å². The SMILES string of the molecule is Cc1sc(C(=O)O)cc1COc1ccc(C#N)c(F)c1. The third-order valence-electron chi connectivity index (χ3n) is 2.69. The van der Waals surface area contributed by atoms with Crippen LogP contribution in [0, 0.1) is 24.1 Å². The Labute approximate surface area is 118 Å². The van der Waals surface area contributed by atoms with E-state index in [0.717, 1.165) is 16.5 Å². The van der Waals surface area contributed by atoms with E-state index in [1.54, 1.807) is 19.1 Å². The van der Waals surface area contributed by atoms with Gasteiger partial charge in [0.1, 0.15) is 29.1 Å². The van der Waals surface area contributed by atoms with E-state index < -0.39 is 11.8 Å². The molecule has 20 heavy (non-hydrogen) atoms. The van der Waals surface area contributed by atoms with Gasteiger partial charge in [-0.3, -0.25) is 0 Å². The van der Waals surface area contributed by atoms with E-state index in [1.807, 2.05) is 0 Å². The summed E-state index contributed by atoms with van der Waals surface area (Å²) in [6, 6.07) is 7.25. The lowest BCUT2D eigenvalue weighted by atomic mass is 10.2. The normalized spacial score (nSPS) is 10.1. The van der Waals surface area contributed by atoms with Gasteiger partial charge >= 0.3 is 5.97 Å². The van der Waals surface area contributed by atoms with Crippen molar-refractivity contribution >= 4 is 17.3 Å². The highest BCUT2D eigenvalue weighted by molar-refractivity contribution is 7.14. The molecule has 1 aromatic carbocycles. The zero-order valence-corrected chi connectivity index (χ0v) is 11.3. The van der Waals surface area contributed by atoms with Gasteiger partial charge in [-0.2, -0.15) is 5.26 Å². The molecule has 102 valence electrons. The number of rotatable bonds is 4. The van der Waals surface area contributed by atoms with Gasteiger partial charge in [-0.05, 0) is 25.1 Å². The molecule has 6 heteroatoms. The first-order valence-electron chi connectivity index (χ1n) is 5.66. The molecule has 0 aliphatic heterocycles. The topological polar surface area (TPSA) is 70.3 Å². The highest BCUT2D eigenvalue weighted by Gasteiger charge is 2.12. The lowest BCUT2D eigenvalue weighted by Gasteiger charge is -2.06. The van der Waals surface area contributed by atoms with Gasteiger partial charge < -0.3 is 9.84 Å². The van der Waals surface area contributed by atoms with Crippen LogP contribution in [0.25, 0.3) is 0 Å². The number of benzene rings is 1. The molecule has 0 spiro atoms. The van der Waals surface area contributed by atoms with Crippen LogP contribution in [0.5, 0.6) is 5.75 Å². The van der Waals surface area contributed by atoms with Crippen LogP contribution >= 0.6 is 11.3 Å². The van der Waals surface area contributed by atoms with Gasteiger partial charge in [0.2, 0.25) is 0 Å². The van der Waals surface area contributed by atoms with E-state index in [1.165, 1.54) is 23.5 Å². The average Bonchev–Trinajstić information content (AvgIpc) is 2.78. The first kappa shape index (κ1) is 14.0. The van der Waals surface area contributed by atoms with Crippen molar-refractivity contribution in [2.24, 2.45) is 0 Å². The summed E-state index contributed by atoms with van der Waals surface area (Å²) >= 11 is 1.17. The molecule has 2 aromatic rings. The second-order valence-electron chi connectivity index (χ2n) is 4.04. The Balaban J connectivity index is 2.11. The fourth-order valence-electron chi connectivity index (χ4n) is 1.61. The second-order valence-corrected chi connectivity index (χ2v) is 5.30. The number of aryl methyl sites for hydroxylation is 1. The van der Waals surface area contributed by atoms with Crippen LogP contribution in [0.2, 0.25) is 0 Å². The molecule has 4 nitrogen and oxygen atoms in total. The summed E-state index contributed by atoms with van der Waals surface area (Å²) in [6.45, 7) is 1.95. The lowest BCUT2D eigenvalue weighted by molar-refractivity contribution is 0.0702. The van der Waals surface area contributed by atoms with Crippen LogP contribution in [0.1, 0.15) is 25.7 Å². The highest BCUT2D eigenvalue weighted by Crippen LogP contribution is 2.24. The van der Waals surface area contributed by atoms with Gasteiger partial charge in [0.15, 0.2) is 0 Å². The first-order valence-corrected chi connectivity index (χ1v) is 6.48. The second kappa shape index (κ2) is 5.72. The molecule has 0 aliphatic carbocycles. The number of hydrogen-bond donors (Lipinski definition) is 1. The van der Waals surface area contributed by atoms with E-state index in [4.69, 9.17) is 15.1 Å². The Morgan fingerprint density at radius 3 is 2.80 bits per heavy atom. The van der Waals surface area contributed by atoms with E-state index in [9.17, 15) is 9.18 Å². The van der Waals surface area contributed by atoms with Gasteiger partial charge in [0.05, 0.1) is 5.56 Å². The molecular weight excluding hydrogens is 281 g/mol. The summed E-state index contributed by atoms with van der Waals surface area (Å²) in [4.78, 5) is 11.9. The maximum Gasteiger partial charge on any atom is 0.345 e. The zero-order chi connectivity index (χ0) is 14.7. The molecule has 1 N–H and O–H groups in total. The van der Waals surface area contributed by atoms with Gasteiger partial charge in [0, 0.05) is 16.5 Å². The lowest BCUT2D eigenvalue weighted by Crippen LogP contribution is -1.97. The number of nitrogens with zero attached hydrogens (tertiary/aromatic N) is 1. The van der Waals surface area contributed by atoms with Crippen molar-refractivity contribution in [1.29, 1.82) is 5.26 Å². The number of ether oxygens (including phenoxy) is 1. The highest BCUT2D eigenvalue weighted by atomic mass is 32.1. The summed E-state index contributed by atoms with van der Waals surface area (Å²) in [5.74, 6) is -1.32. The van der Waals surface area contributed by atoms with Crippen LogP contribution in [0.3, 0.4) is 0 Å². The van der Waals surface area contributed by atoms with Crippen LogP contribution in [-0.4, -0.2) is 11.1 Å². The Morgan fingerprint density at radius 1 is 1.50 bits per heavy atom. The number of hydrogen-bond acceptors (Lipinski definition) is 4. The quantitative estimate of drug-likeness (QED) is 0.937. The Bertz CT molecular complexity index is 703. The molecule has 0 saturated heterocycles. The van der Waals surface area contributed by atoms with Gasteiger partial charge in [0.25, 0.3) is 0 Å². The van der Waals surface area contributed by atoms with Crippen molar-refractivity contribution in [1.82, 2.24) is 0 Å². The summed E-state index contributed by atoms with van der Waals surface area (Å²) in [5, 5.41) is 17.5. The zero-order valence-electron chi connectivity index (χ0n) is 10.5. The van der Waals surface area contributed by atoms with Crippen molar-refractivity contribution in [3.63, 3.8) is 0 Å². The van der Waals surface area contributed by atoms with Crippen molar-refractivity contribution < 1.29 is 19.0 Å². The van der Waals surface area contributed by atoms with E-state index in [0.29, 0.717) is 5.75 Å². The predicted molar refractivity (Wildman–Crippen MR) is 71.5 cm³/mol. The maximum absolute atomic E-state index is 13.4. The third kappa shape index (κ3) is 2.95. The van der Waals surface area contributed by atoms with Gasteiger partial charge in [-0.1, -0.05) is 0 Å². The summed E-state index contributed by atoms with van der Waals surface area (Å²) in [7, 11) is 0. The summed E-state index contributed by atoms with van der Waals surface area (Å²) < 4.78 is 18.8. The van der Waals surface area contributed by atoms with Crippen LogP contribution in [0.4, 0.5) is 4.39 Å². The van der Waals surface area contributed by atoms with Crippen molar-refractivity contribution in [2.45, 2.75) is 13.5 Å². The Hall–Kier alpha value is -2.39. The Kier molecular flexibility index (Phi) is 4.01. The maximum atomic E-state index is 13.4. The molecule has 0 fully saturated rings. The van der Waals surface area contributed by atoms with Crippen molar-refractivity contribution in [3.8, 4) is 11.8 Å². The standard InChI is InChI=1S/C14H10FNO3S/c1-8-10(4-13(20-8)14(17)18)7-19-11-3-2-9(6-16)12(15)5-11/h2-5H,7H2,1H3,(H,17,18). The number of nitriles is 1. The monoisotopic (exact) mass is 291 g/mol. The first-order chi connectivity index (χ1) is 9.51. The van der Waals surface area contributed by atoms with E-state index in [-0.39, 0.29) is 17.0 Å². The minimum Gasteiger partial charge on any atom is -0.489 e. The van der Waals surface area contributed by atoms with Crippen LogP contribution < -0.4 is 4.74 Å². The minimum atomic E-state index is -0.978. The number of carboxylic acids is 1. The molecule has 2 rings (SSSR count). The molecule has 0 bridgehead atoms. The van der Waals surface area contributed by atoms with Crippen LogP contribution in [-0.2, 0) is 6.61 Å². The van der Waals surface area contributed by atoms with Crippen molar-refractivity contribution in [3.05, 3.63) is 51.0 Å². The molecule has 0 saturated carbocycles. The molecule has 1 aromatic heterocycles. The molecule has 0 radical (unpaired) electrons. The number of carboxylic acid groups (broad SMARTS) is 1. The predicted octanol–water partition coefficient (Wildman–Crippen LogP) is 3.34. The van der Waals surface area contributed by atoms with Crippen LogP contribution in [0.15, 0.2) is 24.3 Å². The molecular formula is C14H10FNO3S. The fraction of sp³-hybridized carbons (Fsp3) is 0.143. The number of halogens is 1. The molecule has 0 atom stereocenters. The molecule has 0 unspecified atom stereocenters. The largest absolute Gasteiger partial charge is 0.489 e. The van der Waals surface area contributed by atoms with Crippen molar-refractivity contribution in [2.75, 3.05) is 0 Å². The average molecular weight is 291 g/mol. The molecule has 1 heterocycles.